The third kappa shape index (κ3) is 4.74. The minimum atomic E-state index is -0.777. The molecule has 8 nitrogen and oxygen atoms in total. The first-order chi connectivity index (χ1) is 17.6. The number of carbonyl (C=O) groups is 2. The number of nitrogens with one attached hydrogen (secondary N) is 1. The molecular weight excluding hydrogens is 460 g/mol. The molecule has 0 aliphatic carbocycles. The SMILES string of the molecule is CCOc1ccc(C2C(C(=O)c3cc4ccccc4o3)=C([O-])C(=O)N2CCC[NH+]2CCOCC2)cc1. The summed E-state index contributed by atoms with van der Waals surface area (Å²) in [6, 6.07) is 15.3. The maximum absolute atomic E-state index is 13.6. The lowest BCUT2D eigenvalue weighted by molar-refractivity contribution is -0.908. The molecule has 0 radical (unpaired) electrons. The lowest BCUT2D eigenvalue weighted by Crippen LogP contribution is -3.14. The normalized spacial score (nSPS) is 18.9. The monoisotopic (exact) mass is 490 g/mol. The second-order valence-corrected chi connectivity index (χ2v) is 9.09. The molecule has 2 aromatic carbocycles. The van der Waals surface area contributed by atoms with Crippen LogP contribution in [-0.4, -0.2) is 62.6 Å². The molecule has 188 valence electrons. The Morgan fingerprint density at radius 3 is 2.61 bits per heavy atom. The van der Waals surface area contributed by atoms with E-state index in [1.807, 2.05) is 37.3 Å². The predicted octanol–water partition coefficient (Wildman–Crippen LogP) is 1.52. The van der Waals surface area contributed by atoms with Crippen molar-refractivity contribution < 1.29 is 33.5 Å². The summed E-state index contributed by atoms with van der Waals surface area (Å²) in [5.74, 6) is -1.22. The van der Waals surface area contributed by atoms with Crippen LogP contribution in [0.5, 0.6) is 5.75 Å². The Morgan fingerprint density at radius 2 is 1.89 bits per heavy atom. The van der Waals surface area contributed by atoms with Crippen LogP contribution < -0.4 is 14.7 Å². The molecule has 1 saturated heterocycles. The number of morpholine rings is 1. The van der Waals surface area contributed by atoms with Crippen LogP contribution in [0.1, 0.15) is 35.5 Å². The number of hydrogen-bond acceptors (Lipinski definition) is 6. The molecule has 1 fully saturated rings. The van der Waals surface area contributed by atoms with E-state index in [0.29, 0.717) is 36.5 Å². The average Bonchev–Trinajstić information content (AvgIpc) is 3.45. The highest BCUT2D eigenvalue weighted by Crippen LogP contribution is 2.39. The van der Waals surface area contributed by atoms with Gasteiger partial charge in [0.15, 0.2) is 5.76 Å². The molecule has 1 N–H and O–H groups in total. The van der Waals surface area contributed by atoms with Crippen LogP contribution in [0.15, 0.2) is 70.3 Å². The standard InChI is InChI=1S/C28H30N2O6/c1-2-35-21-10-8-19(9-11-21)25-24(26(31)23-18-20-6-3-4-7-22(20)36-23)27(32)28(33)30(25)13-5-12-29-14-16-34-17-15-29/h3-4,6-11,18,25,32H,2,5,12-17H2,1H3. The van der Waals surface area contributed by atoms with E-state index in [4.69, 9.17) is 13.9 Å². The number of benzene rings is 2. The van der Waals surface area contributed by atoms with Crippen LogP contribution >= 0.6 is 0 Å². The topological polar surface area (TPSA) is 96.5 Å². The molecule has 2 aliphatic heterocycles. The van der Waals surface area contributed by atoms with Gasteiger partial charge in [0.05, 0.1) is 32.4 Å². The quantitative estimate of drug-likeness (QED) is 0.457. The predicted molar refractivity (Wildman–Crippen MR) is 131 cm³/mol. The Labute approximate surface area is 209 Å². The van der Waals surface area contributed by atoms with E-state index >= 15 is 0 Å². The Balaban J connectivity index is 1.45. The molecule has 0 spiro atoms. The summed E-state index contributed by atoms with van der Waals surface area (Å²) in [5, 5.41) is 14.0. The Bertz CT molecular complexity index is 1240. The maximum atomic E-state index is 13.6. The van der Waals surface area contributed by atoms with Crippen molar-refractivity contribution in [2.75, 3.05) is 46.0 Å². The zero-order chi connectivity index (χ0) is 25.1. The van der Waals surface area contributed by atoms with Gasteiger partial charge >= 0.3 is 0 Å². The highest BCUT2D eigenvalue weighted by atomic mass is 16.5. The molecule has 8 heteroatoms. The van der Waals surface area contributed by atoms with Gasteiger partial charge in [-0.15, -0.1) is 0 Å². The Hall–Kier alpha value is -3.62. The van der Waals surface area contributed by atoms with E-state index in [1.54, 1.807) is 24.3 Å². The van der Waals surface area contributed by atoms with Gasteiger partial charge in [-0.25, -0.2) is 0 Å². The van der Waals surface area contributed by atoms with Gasteiger partial charge in [-0.05, 0) is 42.5 Å². The minimum absolute atomic E-state index is 0.0582. The van der Waals surface area contributed by atoms with Gasteiger partial charge in [0.2, 0.25) is 11.7 Å². The first-order valence-corrected chi connectivity index (χ1v) is 12.5. The zero-order valence-corrected chi connectivity index (χ0v) is 20.3. The third-order valence-corrected chi connectivity index (χ3v) is 6.81. The third-order valence-electron chi connectivity index (χ3n) is 6.81. The van der Waals surface area contributed by atoms with Gasteiger partial charge in [0.1, 0.15) is 24.4 Å². The van der Waals surface area contributed by atoms with E-state index in [9.17, 15) is 14.7 Å². The van der Waals surface area contributed by atoms with Gasteiger partial charge in [-0.2, -0.15) is 0 Å². The molecule has 3 heterocycles. The van der Waals surface area contributed by atoms with Crippen molar-refractivity contribution >= 4 is 22.7 Å². The van der Waals surface area contributed by atoms with Crippen molar-refractivity contribution in [3.8, 4) is 5.75 Å². The van der Waals surface area contributed by atoms with Crippen molar-refractivity contribution in [1.82, 2.24) is 4.90 Å². The highest BCUT2D eigenvalue weighted by molar-refractivity contribution is 6.15. The van der Waals surface area contributed by atoms with Crippen LogP contribution in [0.3, 0.4) is 0 Å². The number of carbonyl (C=O) groups excluding carboxylic acids is 2. The van der Waals surface area contributed by atoms with Crippen molar-refractivity contribution in [2.24, 2.45) is 0 Å². The minimum Gasteiger partial charge on any atom is -0.868 e. The molecular formula is C28H30N2O6. The number of nitrogens with zero attached hydrogens (tertiary/aromatic N) is 1. The van der Waals surface area contributed by atoms with Gasteiger partial charge in [-0.1, -0.05) is 30.3 Å². The number of quaternary nitrogens is 1. The second-order valence-electron chi connectivity index (χ2n) is 9.09. The van der Waals surface area contributed by atoms with Crippen molar-refractivity contribution in [2.45, 2.75) is 19.4 Å². The van der Waals surface area contributed by atoms with Gasteiger partial charge in [-0.3, -0.25) is 9.59 Å². The fourth-order valence-corrected chi connectivity index (χ4v) is 5.00. The van der Waals surface area contributed by atoms with Gasteiger partial charge in [0.25, 0.3) is 0 Å². The van der Waals surface area contributed by atoms with Crippen LogP contribution in [0, 0.1) is 0 Å². The molecule has 1 amide bonds. The van der Waals surface area contributed by atoms with Crippen LogP contribution in [0.2, 0.25) is 0 Å². The van der Waals surface area contributed by atoms with E-state index in [0.717, 1.165) is 38.2 Å². The Morgan fingerprint density at radius 1 is 1.14 bits per heavy atom. The fourth-order valence-electron chi connectivity index (χ4n) is 5.00. The number of rotatable bonds is 9. The fraction of sp³-hybridized carbons (Fsp3) is 0.357. The zero-order valence-electron chi connectivity index (χ0n) is 20.3. The average molecular weight is 491 g/mol. The molecule has 0 saturated carbocycles. The van der Waals surface area contributed by atoms with Crippen LogP contribution in [0.4, 0.5) is 0 Å². The number of Topliss-reactive ketones (excluding diaryl/α,β-unsaturated/α-hetero) is 1. The molecule has 3 aromatic rings. The first-order valence-electron chi connectivity index (χ1n) is 12.5. The Kier molecular flexibility index (Phi) is 7.06. The van der Waals surface area contributed by atoms with Crippen LogP contribution in [0.25, 0.3) is 11.0 Å². The number of hydrogen-bond donors (Lipinski definition) is 1. The number of amides is 1. The second kappa shape index (κ2) is 10.6. The summed E-state index contributed by atoms with van der Waals surface area (Å²) in [6.07, 6.45) is 0.716. The van der Waals surface area contributed by atoms with Gasteiger partial charge in [0, 0.05) is 23.9 Å². The summed E-state index contributed by atoms with van der Waals surface area (Å²) in [4.78, 5) is 29.8. The summed E-state index contributed by atoms with van der Waals surface area (Å²) in [5.41, 5.74) is 1.18. The largest absolute Gasteiger partial charge is 0.868 e. The smallest absolute Gasteiger partial charge is 0.239 e. The molecule has 36 heavy (non-hydrogen) atoms. The van der Waals surface area contributed by atoms with Crippen molar-refractivity contribution in [3.63, 3.8) is 0 Å². The van der Waals surface area contributed by atoms with Crippen molar-refractivity contribution in [3.05, 3.63) is 77.3 Å². The molecule has 1 aromatic heterocycles. The molecule has 2 aliphatic rings. The number of furan rings is 1. The molecule has 1 unspecified atom stereocenters. The lowest BCUT2D eigenvalue weighted by Gasteiger charge is -2.29. The van der Waals surface area contributed by atoms with Crippen molar-refractivity contribution in [1.29, 1.82) is 0 Å². The molecule has 0 bridgehead atoms. The summed E-state index contributed by atoms with van der Waals surface area (Å²) < 4.78 is 16.7. The first kappa shape index (κ1) is 24.1. The van der Waals surface area contributed by atoms with E-state index in [2.05, 4.69) is 0 Å². The summed E-state index contributed by atoms with van der Waals surface area (Å²) in [7, 11) is 0. The van der Waals surface area contributed by atoms with Crippen LogP contribution in [-0.2, 0) is 9.53 Å². The maximum Gasteiger partial charge on any atom is 0.239 e. The van der Waals surface area contributed by atoms with E-state index in [1.165, 1.54) is 9.80 Å². The number of para-hydroxylation sites is 1. The lowest BCUT2D eigenvalue weighted by atomic mass is 9.95. The summed E-state index contributed by atoms with van der Waals surface area (Å²) >= 11 is 0. The number of fused-ring (bicyclic) bond motifs is 1. The highest BCUT2D eigenvalue weighted by Gasteiger charge is 2.40. The number of ether oxygens (including phenoxy) is 2. The molecule has 1 atom stereocenters. The van der Waals surface area contributed by atoms with E-state index < -0.39 is 23.5 Å². The summed E-state index contributed by atoms with van der Waals surface area (Å²) in [6.45, 7) is 6.99. The molecule has 5 rings (SSSR count). The van der Waals surface area contributed by atoms with E-state index in [-0.39, 0.29) is 11.3 Å². The van der Waals surface area contributed by atoms with Gasteiger partial charge < -0.3 is 28.8 Å². The number of ketones is 1.